The van der Waals surface area contributed by atoms with Crippen molar-refractivity contribution in [2.24, 2.45) is 0 Å². The lowest BCUT2D eigenvalue weighted by Gasteiger charge is -2.48. The van der Waals surface area contributed by atoms with Crippen molar-refractivity contribution < 1.29 is 89.4 Å². The molecule has 12 N–H and O–H groups in total. The lowest BCUT2D eigenvalue weighted by molar-refractivity contribution is -0.379. The second-order valence-corrected chi connectivity index (χ2v) is 19.3. The predicted octanol–water partition coefficient (Wildman–Crippen LogP) is 3.09. The van der Waals surface area contributed by atoms with Gasteiger partial charge in [0.25, 0.3) is 0 Å². The average molecular weight is 1060 g/mol. The van der Waals surface area contributed by atoms with Crippen molar-refractivity contribution in [3.8, 4) is 0 Å². The summed E-state index contributed by atoms with van der Waals surface area (Å²) in [6.45, 7) is 1.46. The number of rotatable bonds is 37. The maximum absolute atomic E-state index is 13.2. The van der Waals surface area contributed by atoms with E-state index in [1.807, 2.05) is 6.08 Å². The molecule has 426 valence electrons. The molecule has 17 unspecified atom stereocenters. The molecule has 17 atom stereocenters. The van der Waals surface area contributed by atoms with E-state index in [9.17, 15) is 61.0 Å². The monoisotopic (exact) mass is 1060 g/mol. The van der Waals surface area contributed by atoms with Gasteiger partial charge in [-0.25, -0.2) is 0 Å². The topological polar surface area (TPSA) is 307 Å². The number of carbonyl (C=O) groups excluding carboxylic acids is 1. The van der Waals surface area contributed by atoms with Crippen LogP contribution in [0.4, 0.5) is 0 Å². The van der Waals surface area contributed by atoms with Crippen LogP contribution in [0.3, 0.4) is 0 Å². The van der Waals surface area contributed by atoms with Gasteiger partial charge in [0, 0.05) is 6.42 Å². The minimum Gasteiger partial charge on any atom is -0.394 e. The van der Waals surface area contributed by atoms with Gasteiger partial charge in [-0.15, -0.1) is 0 Å². The molecule has 19 heteroatoms. The summed E-state index contributed by atoms with van der Waals surface area (Å²) in [6, 6.07) is -0.979. The maximum atomic E-state index is 13.2. The summed E-state index contributed by atoms with van der Waals surface area (Å²) in [5, 5.41) is 119. The van der Waals surface area contributed by atoms with Crippen LogP contribution in [-0.4, -0.2) is 193 Å². The SMILES string of the molecule is CC/C=C\C/C=C\C/C=C\C/C=C\C/C=C\CCCCCCCCCC(=O)NC(COC1OC(CO)C(OC2OC(CO)C(OC3OC(CO)C(O)C(O)C3O)C(O)C2O)C(O)C1O)C(O)/C=C/CCCCCC. The number of allylic oxidation sites excluding steroid dienone is 11. The minimum atomic E-state index is -1.98. The highest BCUT2D eigenvalue weighted by Gasteiger charge is 2.53. The second-order valence-electron chi connectivity index (χ2n) is 19.3. The van der Waals surface area contributed by atoms with Crippen LogP contribution < -0.4 is 5.32 Å². The molecular formula is C55H93NO18. The summed E-state index contributed by atoms with van der Waals surface area (Å²) in [5.41, 5.74) is 0. The third-order valence-electron chi connectivity index (χ3n) is 13.3. The average Bonchev–Trinajstić information content (AvgIpc) is 3.40. The van der Waals surface area contributed by atoms with Crippen molar-refractivity contribution in [3.63, 3.8) is 0 Å². The Hall–Kier alpha value is -2.77. The van der Waals surface area contributed by atoms with Gasteiger partial charge in [-0.3, -0.25) is 4.79 Å². The van der Waals surface area contributed by atoms with E-state index < -0.39 is 124 Å². The zero-order valence-electron chi connectivity index (χ0n) is 43.8. The van der Waals surface area contributed by atoms with Crippen molar-refractivity contribution in [2.45, 2.75) is 240 Å². The molecule has 74 heavy (non-hydrogen) atoms. The molecule has 3 saturated heterocycles. The number of aliphatic hydroxyl groups excluding tert-OH is 11. The van der Waals surface area contributed by atoms with Crippen LogP contribution in [0, 0.1) is 0 Å². The summed E-state index contributed by atoms with van der Waals surface area (Å²) >= 11 is 0. The van der Waals surface area contributed by atoms with Crippen molar-refractivity contribution in [1.29, 1.82) is 0 Å². The largest absolute Gasteiger partial charge is 0.394 e. The number of carbonyl (C=O) groups is 1. The van der Waals surface area contributed by atoms with E-state index >= 15 is 0 Å². The molecule has 0 radical (unpaired) electrons. The molecule has 0 saturated carbocycles. The molecule has 0 aliphatic carbocycles. The van der Waals surface area contributed by atoms with Gasteiger partial charge >= 0.3 is 0 Å². The Labute approximate surface area is 438 Å². The van der Waals surface area contributed by atoms with Gasteiger partial charge in [0.15, 0.2) is 18.9 Å². The van der Waals surface area contributed by atoms with Gasteiger partial charge in [-0.1, -0.05) is 138 Å². The zero-order valence-corrected chi connectivity index (χ0v) is 43.8. The standard InChI is InChI=1S/C55H93NO18/c1-3-5-7-9-11-12-13-14-15-16-17-18-19-20-21-22-23-24-25-26-27-29-31-33-43(61)56-38(39(60)32-30-28-10-8-6-4-2)37-69-53-49(67)46(64)51(41(35-58)71-53)74-55-50(68)47(65)52(42(36-59)72-55)73-54-48(66)45(63)44(62)40(34-57)70-54/h5,7,11-12,14-15,17-18,20-21,30,32,38-42,44-55,57-60,62-68H,3-4,6,8-10,13,16,19,22-29,31,33-37H2,1-2H3,(H,56,61)/b7-5-,12-11-,15-14-,18-17-,21-20-,32-30+. The fourth-order valence-electron chi connectivity index (χ4n) is 8.74. The number of aliphatic hydroxyl groups is 11. The first-order valence-electron chi connectivity index (χ1n) is 27.2. The molecule has 3 heterocycles. The first-order chi connectivity index (χ1) is 35.8. The lowest BCUT2D eigenvalue weighted by Crippen LogP contribution is -2.66. The molecule has 0 aromatic rings. The molecule has 0 spiro atoms. The molecular weight excluding hydrogens is 963 g/mol. The molecule has 3 fully saturated rings. The quantitative estimate of drug-likeness (QED) is 0.0314. The van der Waals surface area contributed by atoms with Gasteiger partial charge in [-0.05, 0) is 64.2 Å². The fraction of sp³-hybridized carbons (Fsp3) is 0.764. The van der Waals surface area contributed by atoms with Crippen molar-refractivity contribution in [3.05, 3.63) is 72.9 Å². The fourth-order valence-corrected chi connectivity index (χ4v) is 8.74. The van der Waals surface area contributed by atoms with E-state index in [0.717, 1.165) is 109 Å². The summed E-state index contributed by atoms with van der Waals surface area (Å²) in [6.07, 6.45) is 16.6. The summed E-state index contributed by atoms with van der Waals surface area (Å²) < 4.78 is 34.0. The van der Waals surface area contributed by atoms with E-state index in [-0.39, 0.29) is 18.9 Å². The molecule has 1 amide bonds. The Morgan fingerprint density at radius 2 is 0.932 bits per heavy atom. The van der Waals surface area contributed by atoms with E-state index in [1.54, 1.807) is 6.08 Å². The predicted molar refractivity (Wildman–Crippen MR) is 277 cm³/mol. The van der Waals surface area contributed by atoms with Crippen molar-refractivity contribution >= 4 is 5.91 Å². The Morgan fingerprint density at radius 3 is 1.46 bits per heavy atom. The third kappa shape index (κ3) is 23.5. The van der Waals surface area contributed by atoms with E-state index in [2.05, 4.69) is 79.9 Å². The third-order valence-corrected chi connectivity index (χ3v) is 13.3. The Morgan fingerprint density at radius 1 is 0.500 bits per heavy atom. The highest BCUT2D eigenvalue weighted by Crippen LogP contribution is 2.33. The lowest BCUT2D eigenvalue weighted by atomic mass is 9.96. The normalized spacial score (nSPS) is 32.0. The van der Waals surface area contributed by atoms with Gasteiger partial charge in [-0.2, -0.15) is 0 Å². The van der Waals surface area contributed by atoms with Crippen LogP contribution in [-0.2, 0) is 33.2 Å². The molecule has 0 aromatic heterocycles. The number of ether oxygens (including phenoxy) is 6. The second kappa shape index (κ2) is 38.7. The first kappa shape index (κ1) is 65.5. The van der Waals surface area contributed by atoms with Crippen LogP contribution >= 0.6 is 0 Å². The highest BCUT2D eigenvalue weighted by atomic mass is 16.8. The van der Waals surface area contributed by atoms with E-state index in [1.165, 1.54) is 0 Å². The summed E-state index contributed by atoms with van der Waals surface area (Å²) in [4.78, 5) is 13.2. The maximum Gasteiger partial charge on any atom is 0.220 e. The van der Waals surface area contributed by atoms with E-state index in [0.29, 0.717) is 6.42 Å². The number of unbranched alkanes of at least 4 members (excludes halogenated alkanes) is 11. The molecule has 3 rings (SSSR count). The zero-order chi connectivity index (χ0) is 54.1. The van der Waals surface area contributed by atoms with Crippen LogP contribution in [0.5, 0.6) is 0 Å². The Bertz CT molecular complexity index is 1640. The first-order valence-corrected chi connectivity index (χ1v) is 27.2. The number of amides is 1. The van der Waals surface area contributed by atoms with Gasteiger partial charge in [0.2, 0.25) is 5.91 Å². The Kier molecular flexibility index (Phi) is 34.3. The molecule has 0 aromatic carbocycles. The van der Waals surface area contributed by atoms with Crippen LogP contribution in [0.25, 0.3) is 0 Å². The molecule has 0 bridgehead atoms. The molecule has 3 aliphatic heterocycles. The summed E-state index contributed by atoms with van der Waals surface area (Å²) in [5.74, 6) is -0.298. The number of nitrogens with one attached hydrogen (secondary N) is 1. The van der Waals surface area contributed by atoms with Crippen molar-refractivity contribution in [2.75, 3.05) is 26.4 Å². The van der Waals surface area contributed by atoms with E-state index in [4.69, 9.17) is 28.4 Å². The van der Waals surface area contributed by atoms with Crippen LogP contribution in [0.15, 0.2) is 72.9 Å². The minimum absolute atomic E-state index is 0.225. The van der Waals surface area contributed by atoms with Crippen LogP contribution in [0.1, 0.15) is 136 Å². The molecule has 19 nitrogen and oxygen atoms in total. The smallest absolute Gasteiger partial charge is 0.220 e. The van der Waals surface area contributed by atoms with Gasteiger partial charge < -0.3 is 89.9 Å². The number of hydrogen-bond donors (Lipinski definition) is 12. The number of hydrogen-bond acceptors (Lipinski definition) is 18. The molecule has 3 aliphatic rings. The Balaban J connectivity index is 1.45. The summed E-state index contributed by atoms with van der Waals surface area (Å²) in [7, 11) is 0. The van der Waals surface area contributed by atoms with Gasteiger partial charge in [0.05, 0.1) is 38.6 Å². The van der Waals surface area contributed by atoms with Gasteiger partial charge in [0.1, 0.15) is 73.2 Å². The van der Waals surface area contributed by atoms with Crippen molar-refractivity contribution in [1.82, 2.24) is 5.32 Å². The van der Waals surface area contributed by atoms with Crippen LogP contribution in [0.2, 0.25) is 0 Å². The highest BCUT2D eigenvalue weighted by molar-refractivity contribution is 5.76.